The Labute approximate surface area is 170 Å². The van der Waals surface area contributed by atoms with E-state index in [0.29, 0.717) is 28.7 Å². The quantitative estimate of drug-likeness (QED) is 0.545. The lowest BCUT2D eigenvalue weighted by molar-refractivity contribution is -0.114. The lowest BCUT2D eigenvalue weighted by Gasteiger charge is -2.14. The van der Waals surface area contributed by atoms with Crippen molar-refractivity contribution in [1.82, 2.24) is 4.98 Å². The predicted molar refractivity (Wildman–Crippen MR) is 117 cm³/mol. The summed E-state index contributed by atoms with van der Waals surface area (Å²) in [6, 6.07) is 18.5. The molecule has 3 rings (SSSR count). The van der Waals surface area contributed by atoms with Crippen LogP contribution in [0.2, 0.25) is 0 Å². The van der Waals surface area contributed by atoms with Crippen LogP contribution in [-0.4, -0.2) is 16.8 Å². The second kappa shape index (κ2) is 9.01. The van der Waals surface area contributed by atoms with Crippen LogP contribution < -0.4 is 16.0 Å². The number of anilines is 4. The number of amides is 2. The molecule has 0 bridgehead atoms. The molecule has 0 spiro atoms. The normalized spacial score (nSPS) is 10.5. The smallest absolute Gasteiger partial charge is 0.257 e. The second-order valence-electron chi connectivity index (χ2n) is 7.01. The van der Waals surface area contributed by atoms with Crippen molar-refractivity contribution >= 4 is 34.7 Å². The van der Waals surface area contributed by atoms with Gasteiger partial charge in [0, 0.05) is 30.2 Å². The Morgan fingerprint density at radius 1 is 0.862 bits per heavy atom. The third kappa shape index (κ3) is 5.42. The highest BCUT2D eigenvalue weighted by molar-refractivity contribution is 6.04. The van der Waals surface area contributed by atoms with Gasteiger partial charge in [-0.25, -0.2) is 4.98 Å². The summed E-state index contributed by atoms with van der Waals surface area (Å²) < 4.78 is 0. The van der Waals surface area contributed by atoms with Gasteiger partial charge in [-0.15, -0.1) is 0 Å². The van der Waals surface area contributed by atoms with Gasteiger partial charge in [-0.05, 0) is 53.9 Å². The number of carbonyl (C=O) groups excluding carboxylic acids is 2. The monoisotopic (exact) mass is 388 g/mol. The van der Waals surface area contributed by atoms with Crippen molar-refractivity contribution in [2.75, 3.05) is 16.0 Å². The zero-order valence-electron chi connectivity index (χ0n) is 16.7. The molecule has 3 aromatic rings. The van der Waals surface area contributed by atoms with Crippen molar-refractivity contribution in [1.29, 1.82) is 0 Å². The fourth-order valence-corrected chi connectivity index (χ4v) is 2.90. The molecule has 0 radical (unpaired) electrons. The highest BCUT2D eigenvalue weighted by Gasteiger charge is 2.09. The van der Waals surface area contributed by atoms with E-state index in [0.717, 1.165) is 5.69 Å². The molecule has 0 aliphatic heterocycles. The number of nitrogens with zero attached hydrogens (tertiary/aromatic N) is 1. The maximum atomic E-state index is 12.4. The number of hydrogen-bond acceptors (Lipinski definition) is 4. The lowest BCUT2D eigenvalue weighted by Crippen LogP contribution is -2.12. The van der Waals surface area contributed by atoms with Gasteiger partial charge in [0.15, 0.2) is 0 Å². The summed E-state index contributed by atoms with van der Waals surface area (Å²) in [5.74, 6) is 0.673. The summed E-state index contributed by atoms with van der Waals surface area (Å²) in [4.78, 5) is 27.9. The van der Waals surface area contributed by atoms with Gasteiger partial charge in [-0.1, -0.05) is 32.0 Å². The van der Waals surface area contributed by atoms with Crippen LogP contribution >= 0.6 is 0 Å². The van der Waals surface area contributed by atoms with Gasteiger partial charge < -0.3 is 16.0 Å². The van der Waals surface area contributed by atoms with Crippen LogP contribution in [0.3, 0.4) is 0 Å². The molecule has 6 nitrogen and oxygen atoms in total. The Morgan fingerprint density at radius 3 is 2.10 bits per heavy atom. The largest absolute Gasteiger partial charge is 0.340 e. The number of pyridine rings is 1. The molecule has 29 heavy (non-hydrogen) atoms. The molecule has 0 atom stereocenters. The van der Waals surface area contributed by atoms with Crippen molar-refractivity contribution in [2.45, 2.75) is 26.7 Å². The highest BCUT2D eigenvalue weighted by Crippen LogP contribution is 2.26. The summed E-state index contributed by atoms with van der Waals surface area (Å²) in [5, 5.41) is 8.82. The summed E-state index contributed by atoms with van der Waals surface area (Å²) >= 11 is 0. The van der Waals surface area contributed by atoms with Crippen molar-refractivity contribution in [2.24, 2.45) is 0 Å². The minimum absolute atomic E-state index is 0.141. The predicted octanol–water partition coefficient (Wildman–Crippen LogP) is 5.16. The van der Waals surface area contributed by atoms with E-state index in [4.69, 9.17) is 0 Å². The fraction of sp³-hybridized carbons (Fsp3) is 0.174. The molecule has 0 saturated heterocycles. The molecule has 0 aliphatic carbocycles. The van der Waals surface area contributed by atoms with E-state index in [1.807, 2.05) is 18.2 Å². The Bertz CT molecular complexity index is 996. The molecule has 2 aromatic carbocycles. The number of carbonyl (C=O) groups is 2. The van der Waals surface area contributed by atoms with Gasteiger partial charge in [-0.3, -0.25) is 9.59 Å². The van der Waals surface area contributed by atoms with Crippen LogP contribution in [0.15, 0.2) is 66.9 Å². The van der Waals surface area contributed by atoms with E-state index in [1.165, 1.54) is 12.5 Å². The summed E-state index contributed by atoms with van der Waals surface area (Å²) in [7, 11) is 0. The van der Waals surface area contributed by atoms with E-state index in [1.54, 1.807) is 42.6 Å². The zero-order chi connectivity index (χ0) is 20.8. The Kier molecular flexibility index (Phi) is 6.24. The van der Waals surface area contributed by atoms with Crippen LogP contribution in [0.4, 0.5) is 22.9 Å². The van der Waals surface area contributed by atoms with Gasteiger partial charge in [-0.2, -0.15) is 0 Å². The molecule has 1 heterocycles. The number of nitrogens with one attached hydrogen (secondary N) is 3. The van der Waals surface area contributed by atoms with E-state index in [-0.39, 0.29) is 11.8 Å². The standard InChI is InChI=1S/C23H24N4O2/c1-15(2)20-6-4-5-7-21(20)27-22-13-8-17(14-24-22)23(29)26-19-11-9-18(10-12-19)25-16(3)28/h4-15H,1-3H3,(H,24,27)(H,25,28)(H,26,29). The maximum absolute atomic E-state index is 12.4. The molecule has 0 saturated carbocycles. The first-order valence-electron chi connectivity index (χ1n) is 9.43. The molecule has 148 valence electrons. The Balaban J connectivity index is 1.65. The first kappa shape index (κ1) is 20.1. The minimum Gasteiger partial charge on any atom is -0.340 e. The average molecular weight is 388 g/mol. The molecule has 0 fully saturated rings. The molecule has 0 unspecified atom stereocenters. The highest BCUT2D eigenvalue weighted by atomic mass is 16.2. The molecular formula is C23H24N4O2. The second-order valence-corrected chi connectivity index (χ2v) is 7.01. The molecule has 1 aromatic heterocycles. The van der Waals surface area contributed by atoms with Crippen LogP contribution in [0.25, 0.3) is 0 Å². The van der Waals surface area contributed by atoms with Gasteiger partial charge in [0.05, 0.1) is 5.56 Å². The number of rotatable bonds is 6. The Hall–Kier alpha value is -3.67. The van der Waals surface area contributed by atoms with Gasteiger partial charge in [0.1, 0.15) is 5.82 Å². The first-order valence-corrected chi connectivity index (χ1v) is 9.43. The van der Waals surface area contributed by atoms with E-state index in [2.05, 4.69) is 40.8 Å². The molecule has 6 heteroatoms. The Morgan fingerprint density at radius 2 is 1.52 bits per heavy atom. The molecular weight excluding hydrogens is 364 g/mol. The van der Waals surface area contributed by atoms with E-state index >= 15 is 0 Å². The van der Waals surface area contributed by atoms with Crippen molar-refractivity contribution in [3.8, 4) is 0 Å². The lowest BCUT2D eigenvalue weighted by atomic mass is 10.0. The number of hydrogen-bond donors (Lipinski definition) is 3. The van der Waals surface area contributed by atoms with Crippen molar-refractivity contribution in [3.05, 3.63) is 78.0 Å². The number of aromatic nitrogens is 1. The van der Waals surface area contributed by atoms with E-state index < -0.39 is 0 Å². The van der Waals surface area contributed by atoms with Crippen molar-refractivity contribution < 1.29 is 9.59 Å². The average Bonchev–Trinajstić information content (AvgIpc) is 2.70. The van der Waals surface area contributed by atoms with E-state index in [9.17, 15) is 9.59 Å². The van der Waals surface area contributed by atoms with Crippen LogP contribution in [0.5, 0.6) is 0 Å². The zero-order valence-corrected chi connectivity index (χ0v) is 16.7. The third-order valence-electron chi connectivity index (χ3n) is 4.33. The molecule has 3 N–H and O–H groups in total. The number of benzene rings is 2. The maximum Gasteiger partial charge on any atom is 0.257 e. The minimum atomic E-state index is -0.251. The topological polar surface area (TPSA) is 83.1 Å². The molecule has 2 amide bonds. The summed E-state index contributed by atoms with van der Waals surface area (Å²) in [5.41, 5.74) is 3.98. The van der Waals surface area contributed by atoms with Gasteiger partial charge in [0.2, 0.25) is 5.91 Å². The van der Waals surface area contributed by atoms with Crippen LogP contribution in [0.1, 0.15) is 42.6 Å². The van der Waals surface area contributed by atoms with Gasteiger partial charge in [0.25, 0.3) is 5.91 Å². The van der Waals surface area contributed by atoms with Crippen molar-refractivity contribution in [3.63, 3.8) is 0 Å². The fourth-order valence-electron chi connectivity index (χ4n) is 2.90. The van der Waals surface area contributed by atoms with Gasteiger partial charge >= 0.3 is 0 Å². The summed E-state index contributed by atoms with van der Waals surface area (Å²) in [6.07, 6.45) is 1.54. The van der Waals surface area contributed by atoms with Crippen LogP contribution in [-0.2, 0) is 4.79 Å². The van der Waals surface area contributed by atoms with Crippen LogP contribution in [0, 0.1) is 0 Å². The number of para-hydroxylation sites is 1. The third-order valence-corrected chi connectivity index (χ3v) is 4.33. The first-order chi connectivity index (χ1) is 13.9. The SMILES string of the molecule is CC(=O)Nc1ccc(NC(=O)c2ccc(Nc3ccccc3C(C)C)nc2)cc1. The molecule has 0 aliphatic rings. The summed E-state index contributed by atoms with van der Waals surface area (Å²) in [6.45, 7) is 5.73.